The van der Waals surface area contributed by atoms with E-state index in [1.807, 2.05) is 24.3 Å². The number of nitrogens with zero attached hydrogens (tertiary/aromatic N) is 2. The van der Waals surface area contributed by atoms with Crippen molar-refractivity contribution in [3.05, 3.63) is 100 Å². The van der Waals surface area contributed by atoms with Crippen molar-refractivity contribution in [2.45, 2.75) is 38.6 Å². The van der Waals surface area contributed by atoms with Crippen molar-refractivity contribution >= 4 is 35.0 Å². The van der Waals surface area contributed by atoms with Gasteiger partial charge in [-0.15, -0.1) is 0 Å². The minimum Gasteiger partial charge on any atom is -0.326 e. The topological polar surface area (TPSA) is 57.7 Å². The molecule has 1 unspecified atom stereocenters. The highest BCUT2D eigenvalue weighted by molar-refractivity contribution is 6.30. The van der Waals surface area contributed by atoms with Crippen LogP contribution in [-0.4, -0.2) is 35.2 Å². The maximum absolute atomic E-state index is 13.5. The molecule has 0 aromatic heterocycles. The fraction of sp³-hybridized carbons (Fsp3) is 0.250. The number of imide groups is 1. The SMILES string of the molecule is CC(C)c1ccc(N2C(=O)CC(N(CCc3cccc(Cl)c3)C(=O)c3ccc(F)cc3)C2=O)cc1. The summed E-state index contributed by atoms with van der Waals surface area (Å²) in [6.07, 6.45) is 0.321. The Bertz CT molecular complexity index is 1240. The van der Waals surface area contributed by atoms with Crippen molar-refractivity contribution < 1.29 is 18.8 Å². The third-order valence-corrected chi connectivity index (χ3v) is 6.43. The van der Waals surface area contributed by atoms with Crippen LogP contribution in [0.2, 0.25) is 5.02 Å². The smallest absolute Gasteiger partial charge is 0.257 e. The second-order valence-corrected chi connectivity index (χ2v) is 9.36. The molecule has 7 heteroatoms. The van der Waals surface area contributed by atoms with Crippen LogP contribution in [0.25, 0.3) is 0 Å². The number of benzene rings is 3. The number of halogens is 2. The lowest BCUT2D eigenvalue weighted by atomic mass is 10.0. The number of hydrogen-bond acceptors (Lipinski definition) is 3. The van der Waals surface area contributed by atoms with Crippen LogP contribution in [0.4, 0.5) is 10.1 Å². The van der Waals surface area contributed by atoms with Gasteiger partial charge in [0.15, 0.2) is 0 Å². The molecule has 5 nitrogen and oxygen atoms in total. The normalized spacial score (nSPS) is 15.7. The van der Waals surface area contributed by atoms with E-state index in [1.165, 1.54) is 29.2 Å². The maximum atomic E-state index is 13.5. The summed E-state index contributed by atoms with van der Waals surface area (Å²) in [5.74, 6) is -1.40. The van der Waals surface area contributed by atoms with Gasteiger partial charge in [-0.2, -0.15) is 0 Å². The predicted molar refractivity (Wildman–Crippen MR) is 134 cm³/mol. The molecule has 0 radical (unpaired) electrons. The van der Waals surface area contributed by atoms with E-state index in [2.05, 4.69) is 13.8 Å². The molecule has 0 N–H and O–H groups in total. The monoisotopic (exact) mass is 492 g/mol. The Morgan fingerprint density at radius 2 is 1.74 bits per heavy atom. The zero-order valence-corrected chi connectivity index (χ0v) is 20.3. The summed E-state index contributed by atoms with van der Waals surface area (Å²) in [5.41, 5.74) is 2.72. The number of anilines is 1. The van der Waals surface area contributed by atoms with Gasteiger partial charge in [-0.05, 0) is 72.0 Å². The number of carbonyl (C=O) groups is 3. The third-order valence-electron chi connectivity index (χ3n) is 6.20. The van der Waals surface area contributed by atoms with Gasteiger partial charge in [0, 0.05) is 17.1 Å². The fourth-order valence-electron chi connectivity index (χ4n) is 4.24. The number of carbonyl (C=O) groups excluding carboxylic acids is 3. The van der Waals surface area contributed by atoms with E-state index in [0.29, 0.717) is 23.0 Å². The van der Waals surface area contributed by atoms with Gasteiger partial charge in [-0.3, -0.25) is 14.4 Å². The summed E-state index contributed by atoms with van der Waals surface area (Å²) in [4.78, 5) is 42.4. The molecule has 3 amide bonds. The molecular weight excluding hydrogens is 467 g/mol. The largest absolute Gasteiger partial charge is 0.326 e. The van der Waals surface area contributed by atoms with E-state index < -0.39 is 23.7 Å². The van der Waals surface area contributed by atoms with Gasteiger partial charge in [0.1, 0.15) is 11.9 Å². The third kappa shape index (κ3) is 5.43. The molecule has 1 atom stereocenters. The van der Waals surface area contributed by atoms with E-state index in [-0.39, 0.29) is 24.4 Å². The molecule has 1 aliphatic heterocycles. The first-order valence-electron chi connectivity index (χ1n) is 11.5. The van der Waals surface area contributed by atoms with Crippen molar-refractivity contribution in [3.8, 4) is 0 Å². The Morgan fingerprint density at radius 3 is 2.37 bits per heavy atom. The van der Waals surface area contributed by atoms with E-state index in [0.717, 1.165) is 16.0 Å². The average molecular weight is 493 g/mol. The van der Waals surface area contributed by atoms with Crippen LogP contribution < -0.4 is 4.90 Å². The van der Waals surface area contributed by atoms with Crippen molar-refractivity contribution in [1.29, 1.82) is 0 Å². The van der Waals surface area contributed by atoms with E-state index in [9.17, 15) is 18.8 Å². The molecule has 3 aromatic carbocycles. The van der Waals surface area contributed by atoms with E-state index in [4.69, 9.17) is 11.6 Å². The number of amides is 3. The highest BCUT2D eigenvalue weighted by Gasteiger charge is 2.44. The number of hydrogen-bond donors (Lipinski definition) is 0. The first-order chi connectivity index (χ1) is 16.7. The molecule has 180 valence electrons. The Kier molecular flexibility index (Phi) is 7.31. The molecule has 1 heterocycles. The summed E-state index contributed by atoms with van der Waals surface area (Å²) in [6, 6.07) is 18.8. The van der Waals surface area contributed by atoms with Gasteiger partial charge in [0.05, 0.1) is 12.1 Å². The van der Waals surface area contributed by atoms with Crippen LogP contribution in [0.5, 0.6) is 0 Å². The van der Waals surface area contributed by atoms with Gasteiger partial charge in [0.25, 0.3) is 11.8 Å². The molecule has 4 rings (SSSR count). The standard InChI is InChI=1S/C28H26ClFN2O3/c1-18(2)20-8-12-24(13-9-20)32-26(33)17-25(28(32)35)31(15-14-19-4-3-5-22(29)16-19)27(34)21-6-10-23(30)11-7-21/h3-13,16,18,25H,14-15,17H2,1-2H3. The van der Waals surface area contributed by atoms with Crippen molar-refractivity contribution in [1.82, 2.24) is 4.90 Å². The summed E-state index contributed by atoms with van der Waals surface area (Å²) >= 11 is 6.10. The summed E-state index contributed by atoms with van der Waals surface area (Å²) in [5, 5.41) is 0.571. The average Bonchev–Trinajstić information content (AvgIpc) is 3.13. The number of rotatable bonds is 7. The minimum atomic E-state index is -0.955. The second-order valence-electron chi connectivity index (χ2n) is 8.92. The lowest BCUT2D eigenvalue weighted by molar-refractivity contribution is -0.122. The lowest BCUT2D eigenvalue weighted by Crippen LogP contribution is -2.46. The Hall–Kier alpha value is -3.51. The molecule has 0 aliphatic carbocycles. The maximum Gasteiger partial charge on any atom is 0.257 e. The van der Waals surface area contributed by atoms with Gasteiger partial charge < -0.3 is 4.90 Å². The minimum absolute atomic E-state index is 0.118. The van der Waals surface area contributed by atoms with E-state index in [1.54, 1.807) is 24.3 Å². The molecule has 3 aromatic rings. The molecule has 1 saturated heterocycles. The summed E-state index contributed by atoms with van der Waals surface area (Å²) in [6.45, 7) is 4.33. The lowest BCUT2D eigenvalue weighted by Gasteiger charge is -2.28. The van der Waals surface area contributed by atoms with Crippen LogP contribution >= 0.6 is 11.6 Å². The molecule has 1 aliphatic rings. The fourth-order valence-corrected chi connectivity index (χ4v) is 4.45. The highest BCUT2D eigenvalue weighted by Crippen LogP contribution is 2.28. The van der Waals surface area contributed by atoms with Crippen LogP contribution in [-0.2, 0) is 16.0 Å². The van der Waals surface area contributed by atoms with Crippen molar-refractivity contribution in [2.24, 2.45) is 0 Å². The van der Waals surface area contributed by atoms with Gasteiger partial charge >= 0.3 is 0 Å². The molecule has 0 bridgehead atoms. The van der Waals surface area contributed by atoms with Gasteiger partial charge in [-0.1, -0.05) is 49.7 Å². The molecular formula is C28H26ClFN2O3. The first-order valence-corrected chi connectivity index (χ1v) is 11.9. The Balaban J connectivity index is 1.62. The van der Waals surface area contributed by atoms with Crippen molar-refractivity contribution in [2.75, 3.05) is 11.4 Å². The van der Waals surface area contributed by atoms with Crippen LogP contribution in [0, 0.1) is 5.82 Å². The molecule has 0 spiro atoms. The first kappa shape index (κ1) is 24.6. The quantitative estimate of drug-likeness (QED) is 0.402. The Morgan fingerprint density at radius 1 is 1.06 bits per heavy atom. The zero-order chi connectivity index (χ0) is 25.1. The van der Waals surface area contributed by atoms with Crippen molar-refractivity contribution in [3.63, 3.8) is 0 Å². The highest BCUT2D eigenvalue weighted by atomic mass is 35.5. The second kappa shape index (κ2) is 10.4. The van der Waals surface area contributed by atoms with Crippen LogP contribution in [0.15, 0.2) is 72.8 Å². The Labute approximate surface area is 209 Å². The molecule has 0 saturated carbocycles. The molecule has 35 heavy (non-hydrogen) atoms. The van der Waals surface area contributed by atoms with Crippen LogP contribution in [0.1, 0.15) is 47.7 Å². The van der Waals surface area contributed by atoms with Gasteiger partial charge in [0.2, 0.25) is 5.91 Å². The zero-order valence-electron chi connectivity index (χ0n) is 19.6. The van der Waals surface area contributed by atoms with Gasteiger partial charge in [-0.25, -0.2) is 9.29 Å². The van der Waals surface area contributed by atoms with Crippen LogP contribution in [0.3, 0.4) is 0 Å². The summed E-state index contributed by atoms with van der Waals surface area (Å²) in [7, 11) is 0. The molecule has 1 fully saturated rings. The van der Waals surface area contributed by atoms with E-state index >= 15 is 0 Å². The predicted octanol–water partition coefficient (Wildman–Crippen LogP) is 5.62. The summed E-state index contributed by atoms with van der Waals surface area (Å²) < 4.78 is 13.4.